The van der Waals surface area contributed by atoms with Gasteiger partial charge in [-0.1, -0.05) is 0 Å². The van der Waals surface area contributed by atoms with Crippen molar-refractivity contribution in [2.75, 3.05) is 0 Å². The molecule has 1 aliphatic carbocycles. The van der Waals surface area contributed by atoms with Gasteiger partial charge in [0.15, 0.2) is 0 Å². The van der Waals surface area contributed by atoms with Crippen LogP contribution in [0.4, 0.5) is 35.1 Å². The maximum atomic E-state index is 14.7. The van der Waals surface area contributed by atoms with Gasteiger partial charge in [-0.25, -0.2) is 31.3 Å². The molecule has 2 aromatic heterocycles. The van der Waals surface area contributed by atoms with Crippen LogP contribution in [0.5, 0.6) is 0 Å². The van der Waals surface area contributed by atoms with Gasteiger partial charge in [-0.05, 0) is 68.1 Å². The number of hydrogen-bond acceptors (Lipinski definition) is 3. The molecule has 1 atom stereocenters. The van der Waals surface area contributed by atoms with E-state index in [9.17, 15) is 39.9 Å². The summed E-state index contributed by atoms with van der Waals surface area (Å²) in [4.78, 5) is 17.2. The summed E-state index contributed by atoms with van der Waals surface area (Å²) in [6.45, 7) is -1.11. The van der Waals surface area contributed by atoms with Crippen molar-refractivity contribution in [1.82, 2.24) is 20.1 Å². The van der Waals surface area contributed by atoms with Crippen LogP contribution >= 0.6 is 31.9 Å². The summed E-state index contributed by atoms with van der Waals surface area (Å²) < 4.78 is 114. The number of benzene rings is 1. The van der Waals surface area contributed by atoms with E-state index in [1.807, 2.05) is 0 Å². The predicted molar refractivity (Wildman–Crippen MR) is 125 cm³/mol. The first-order valence-electron chi connectivity index (χ1n) is 10.9. The highest BCUT2D eigenvalue weighted by Crippen LogP contribution is 2.52. The average molecular weight is 676 g/mol. The lowest BCUT2D eigenvalue weighted by Gasteiger charge is -2.29. The van der Waals surface area contributed by atoms with E-state index in [4.69, 9.17) is 0 Å². The number of amides is 1. The van der Waals surface area contributed by atoms with Gasteiger partial charge >= 0.3 is 0 Å². The van der Waals surface area contributed by atoms with E-state index in [-0.39, 0.29) is 22.4 Å². The highest BCUT2D eigenvalue weighted by molar-refractivity contribution is 9.11. The van der Waals surface area contributed by atoms with E-state index in [2.05, 4.69) is 47.3 Å². The van der Waals surface area contributed by atoms with Crippen molar-refractivity contribution in [3.05, 3.63) is 79.3 Å². The lowest BCUT2D eigenvalue weighted by molar-refractivity contribution is -0.123. The van der Waals surface area contributed by atoms with Crippen molar-refractivity contribution in [2.45, 2.75) is 50.1 Å². The van der Waals surface area contributed by atoms with Gasteiger partial charge in [0.05, 0.1) is 17.3 Å². The average Bonchev–Trinajstić information content (AvgIpc) is 3.19. The number of fused-ring (bicyclic) bond motifs is 1. The molecule has 1 aliphatic rings. The van der Waals surface area contributed by atoms with Crippen LogP contribution < -0.4 is 5.32 Å². The lowest BCUT2D eigenvalue weighted by Crippen LogP contribution is -2.37. The summed E-state index contributed by atoms with van der Waals surface area (Å²) in [5, 5.41) is 5.71. The van der Waals surface area contributed by atoms with E-state index in [0.29, 0.717) is 15.1 Å². The number of hydrogen-bond donors (Lipinski definition) is 1. The molecule has 0 bridgehead atoms. The number of nitrogens with zero attached hydrogens (tertiary/aromatic N) is 3. The Balaban J connectivity index is 1.70. The third kappa shape index (κ3) is 5.87. The van der Waals surface area contributed by atoms with Crippen molar-refractivity contribution in [3.8, 4) is 0 Å². The number of carbonyl (C=O) groups is 1. The van der Waals surface area contributed by atoms with Crippen LogP contribution in [-0.4, -0.2) is 20.7 Å². The van der Waals surface area contributed by atoms with E-state index >= 15 is 0 Å². The molecule has 204 valence electrons. The van der Waals surface area contributed by atoms with E-state index < -0.39 is 78.2 Å². The molecule has 1 N–H and O–H groups in total. The predicted octanol–water partition coefficient (Wildman–Crippen LogP) is 7.10. The smallest absolute Gasteiger partial charge is 0.290 e. The molecule has 0 radical (unpaired) electrons. The number of pyridine rings is 1. The number of carbonyl (C=O) groups excluding carboxylic acids is 1. The zero-order chi connectivity index (χ0) is 28.0. The molecule has 15 heteroatoms. The lowest BCUT2D eigenvalue weighted by atomic mass is 9.89. The van der Waals surface area contributed by atoms with Gasteiger partial charge in [0.1, 0.15) is 34.2 Å². The maximum Gasteiger partial charge on any atom is 0.290 e. The molecule has 0 saturated heterocycles. The van der Waals surface area contributed by atoms with Crippen molar-refractivity contribution in [2.24, 2.45) is 0 Å². The Labute approximate surface area is 226 Å². The molecule has 4 rings (SSSR count). The van der Waals surface area contributed by atoms with Gasteiger partial charge in [0.2, 0.25) is 5.91 Å². The molecule has 0 unspecified atom stereocenters. The largest absolute Gasteiger partial charge is 0.346 e. The van der Waals surface area contributed by atoms with Gasteiger partial charge in [0.25, 0.3) is 18.3 Å². The van der Waals surface area contributed by atoms with Crippen LogP contribution in [0.1, 0.15) is 53.5 Å². The van der Waals surface area contributed by atoms with Crippen molar-refractivity contribution in [1.29, 1.82) is 0 Å². The first-order valence-corrected chi connectivity index (χ1v) is 12.5. The summed E-state index contributed by atoms with van der Waals surface area (Å²) in [5.41, 5.74) is -4.29. The van der Waals surface area contributed by atoms with E-state index in [0.717, 1.165) is 12.1 Å². The van der Waals surface area contributed by atoms with Crippen molar-refractivity contribution >= 4 is 37.8 Å². The fourth-order valence-corrected chi connectivity index (χ4v) is 5.09. The third-order valence-corrected chi connectivity index (χ3v) is 6.92. The van der Waals surface area contributed by atoms with Crippen LogP contribution in [0.2, 0.25) is 0 Å². The molecule has 1 amide bonds. The minimum Gasteiger partial charge on any atom is -0.346 e. The molecular formula is C23H16Br2F8N4O. The molecule has 0 aliphatic heterocycles. The Kier molecular flexibility index (Phi) is 7.90. The Morgan fingerprint density at radius 3 is 2.26 bits per heavy atom. The standard InChI is InChI=1S/C23H16Br2F8N4O/c24-13-1-2-15(25)35-18(13)14(7-10-5-11(26)8-12(27)6-10)34-16(38)9-37-20-17(19(36-37)21(28)29)22(30,31)3-4-23(20,32)33/h1-2,5-6,8,14,21H,3-4,7,9H2,(H,34,38)/t14-/m0/s1. The zero-order valence-corrected chi connectivity index (χ0v) is 22.1. The second-order valence-corrected chi connectivity index (χ2v) is 10.2. The number of halogens is 10. The van der Waals surface area contributed by atoms with Gasteiger partial charge in [-0.2, -0.15) is 13.9 Å². The van der Waals surface area contributed by atoms with Gasteiger partial charge in [-0.3, -0.25) is 9.48 Å². The number of aromatic nitrogens is 3. The van der Waals surface area contributed by atoms with E-state index in [1.54, 1.807) is 12.1 Å². The number of alkyl halides is 6. The number of rotatable bonds is 7. The summed E-state index contributed by atoms with van der Waals surface area (Å²) in [6, 6.07) is 4.66. The minimum atomic E-state index is -3.99. The highest BCUT2D eigenvalue weighted by atomic mass is 79.9. The minimum absolute atomic E-state index is 0.101. The molecular weight excluding hydrogens is 660 g/mol. The monoisotopic (exact) mass is 674 g/mol. The van der Waals surface area contributed by atoms with Crippen LogP contribution in [0.25, 0.3) is 0 Å². The zero-order valence-electron chi connectivity index (χ0n) is 18.9. The Bertz CT molecular complexity index is 1360. The summed E-state index contributed by atoms with van der Waals surface area (Å²) >= 11 is 6.43. The molecule has 0 fully saturated rings. The SMILES string of the molecule is O=C(Cn1nc(C(F)F)c2c1C(F)(F)CCC2(F)F)N[C@@H](Cc1cc(F)cc(F)c1)c1nc(Br)ccc1Br. The van der Waals surface area contributed by atoms with Gasteiger partial charge in [-0.15, -0.1) is 0 Å². The molecule has 3 aromatic rings. The summed E-state index contributed by atoms with van der Waals surface area (Å²) in [5.74, 6) is -10.8. The van der Waals surface area contributed by atoms with Crippen molar-refractivity contribution < 1.29 is 39.9 Å². The second-order valence-electron chi connectivity index (χ2n) is 8.58. The first kappa shape index (κ1) is 28.5. The molecule has 38 heavy (non-hydrogen) atoms. The Morgan fingerprint density at radius 2 is 1.63 bits per heavy atom. The van der Waals surface area contributed by atoms with Crippen molar-refractivity contribution in [3.63, 3.8) is 0 Å². The fourth-order valence-electron chi connectivity index (χ4n) is 4.27. The fraction of sp³-hybridized carbons (Fsp3) is 0.348. The summed E-state index contributed by atoms with van der Waals surface area (Å²) in [6.07, 6.45) is -6.51. The topological polar surface area (TPSA) is 59.8 Å². The van der Waals surface area contributed by atoms with Gasteiger partial charge in [0, 0.05) is 23.4 Å². The van der Waals surface area contributed by atoms with Crippen LogP contribution in [0.15, 0.2) is 39.4 Å². The quantitative estimate of drug-likeness (QED) is 0.215. The van der Waals surface area contributed by atoms with Crippen LogP contribution in [0, 0.1) is 11.6 Å². The molecule has 0 saturated carbocycles. The molecule has 5 nitrogen and oxygen atoms in total. The number of nitrogens with one attached hydrogen (secondary N) is 1. The van der Waals surface area contributed by atoms with Crippen LogP contribution in [0.3, 0.4) is 0 Å². The normalized spacial score (nSPS) is 16.8. The highest BCUT2D eigenvalue weighted by Gasteiger charge is 2.55. The Hall–Kier alpha value is -2.55. The third-order valence-electron chi connectivity index (χ3n) is 5.81. The Morgan fingerprint density at radius 1 is 1.00 bits per heavy atom. The second kappa shape index (κ2) is 10.5. The summed E-state index contributed by atoms with van der Waals surface area (Å²) in [7, 11) is 0. The van der Waals surface area contributed by atoms with Gasteiger partial charge < -0.3 is 5.32 Å². The van der Waals surface area contributed by atoms with Crippen LogP contribution in [-0.2, 0) is 29.6 Å². The maximum absolute atomic E-state index is 14.7. The molecule has 0 spiro atoms. The molecule has 2 heterocycles. The van der Waals surface area contributed by atoms with E-state index in [1.165, 1.54) is 0 Å². The first-order chi connectivity index (χ1) is 17.7. The molecule has 1 aromatic carbocycles.